The zero-order valence-corrected chi connectivity index (χ0v) is 12.9. The maximum Gasteiger partial charge on any atom is 0.123 e. The SMILES string of the molecule is COc1ccc(OC)c(C(CN)N2CC(C)C(C)C2)c1. The molecule has 1 aliphatic rings. The standard InChI is InChI=1S/C16H26N2O2/c1-11-9-18(10-12(11)2)15(8-17)14-7-13(19-3)5-6-16(14)20-4/h5-7,11-12,15H,8-10,17H2,1-4H3. The predicted octanol–water partition coefficient (Wildman–Crippen LogP) is 2.29. The van der Waals surface area contributed by atoms with Crippen molar-refractivity contribution >= 4 is 0 Å². The van der Waals surface area contributed by atoms with Crippen molar-refractivity contribution in [1.29, 1.82) is 0 Å². The molecule has 1 aromatic rings. The van der Waals surface area contributed by atoms with Crippen LogP contribution >= 0.6 is 0 Å². The van der Waals surface area contributed by atoms with Gasteiger partial charge in [-0.05, 0) is 30.0 Å². The van der Waals surface area contributed by atoms with Gasteiger partial charge in [0.15, 0.2) is 0 Å². The largest absolute Gasteiger partial charge is 0.497 e. The van der Waals surface area contributed by atoms with Crippen molar-refractivity contribution in [1.82, 2.24) is 4.90 Å². The van der Waals surface area contributed by atoms with E-state index in [1.807, 2.05) is 18.2 Å². The number of rotatable bonds is 5. The Hall–Kier alpha value is -1.26. The van der Waals surface area contributed by atoms with E-state index in [1.54, 1.807) is 14.2 Å². The average molecular weight is 278 g/mol. The van der Waals surface area contributed by atoms with Crippen molar-refractivity contribution in [2.45, 2.75) is 19.9 Å². The Morgan fingerprint density at radius 1 is 1.20 bits per heavy atom. The van der Waals surface area contributed by atoms with Gasteiger partial charge < -0.3 is 15.2 Å². The maximum atomic E-state index is 6.05. The molecule has 0 spiro atoms. The number of likely N-dealkylation sites (tertiary alicyclic amines) is 1. The summed E-state index contributed by atoms with van der Waals surface area (Å²) in [6.07, 6.45) is 0. The fourth-order valence-corrected chi connectivity index (χ4v) is 3.00. The first-order valence-corrected chi connectivity index (χ1v) is 7.26. The van der Waals surface area contributed by atoms with Crippen molar-refractivity contribution in [2.24, 2.45) is 17.6 Å². The number of ether oxygens (including phenoxy) is 2. The van der Waals surface area contributed by atoms with Gasteiger partial charge in [-0.3, -0.25) is 4.90 Å². The molecule has 2 rings (SSSR count). The molecule has 20 heavy (non-hydrogen) atoms. The van der Waals surface area contributed by atoms with Gasteiger partial charge in [-0.25, -0.2) is 0 Å². The molecular weight excluding hydrogens is 252 g/mol. The number of hydrogen-bond acceptors (Lipinski definition) is 4. The number of benzene rings is 1. The van der Waals surface area contributed by atoms with E-state index >= 15 is 0 Å². The van der Waals surface area contributed by atoms with Crippen LogP contribution < -0.4 is 15.2 Å². The van der Waals surface area contributed by atoms with Crippen LogP contribution in [0.25, 0.3) is 0 Å². The highest BCUT2D eigenvalue weighted by atomic mass is 16.5. The second kappa shape index (κ2) is 6.46. The van der Waals surface area contributed by atoms with Crippen molar-refractivity contribution in [3.05, 3.63) is 23.8 Å². The summed E-state index contributed by atoms with van der Waals surface area (Å²) < 4.78 is 10.8. The minimum absolute atomic E-state index is 0.187. The molecule has 4 heteroatoms. The van der Waals surface area contributed by atoms with Crippen LogP contribution in [0.1, 0.15) is 25.5 Å². The molecule has 1 aliphatic heterocycles. The maximum absolute atomic E-state index is 6.05. The van der Waals surface area contributed by atoms with Gasteiger partial charge in [0.2, 0.25) is 0 Å². The molecule has 1 saturated heterocycles. The van der Waals surface area contributed by atoms with Crippen LogP contribution in [-0.2, 0) is 0 Å². The van der Waals surface area contributed by atoms with Gasteiger partial charge in [-0.15, -0.1) is 0 Å². The topological polar surface area (TPSA) is 47.7 Å². The van der Waals surface area contributed by atoms with Crippen molar-refractivity contribution < 1.29 is 9.47 Å². The Morgan fingerprint density at radius 3 is 2.35 bits per heavy atom. The molecule has 2 N–H and O–H groups in total. The third kappa shape index (κ3) is 2.91. The Balaban J connectivity index is 2.31. The first kappa shape index (κ1) is 15.1. The van der Waals surface area contributed by atoms with E-state index in [4.69, 9.17) is 15.2 Å². The quantitative estimate of drug-likeness (QED) is 0.898. The monoisotopic (exact) mass is 278 g/mol. The second-order valence-electron chi connectivity index (χ2n) is 5.77. The molecule has 3 atom stereocenters. The van der Waals surface area contributed by atoms with E-state index in [0.29, 0.717) is 18.4 Å². The molecule has 1 aromatic carbocycles. The molecule has 112 valence electrons. The predicted molar refractivity (Wildman–Crippen MR) is 81.2 cm³/mol. The Morgan fingerprint density at radius 2 is 1.85 bits per heavy atom. The van der Waals surface area contributed by atoms with E-state index in [0.717, 1.165) is 30.2 Å². The van der Waals surface area contributed by atoms with Gasteiger partial charge >= 0.3 is 0 Å². The summed E-state index contributed by atoms with van der Waals surface area (Å²) in [5.74, 6) is 3.15. The molecule has 1 heterocycles. The lowest BCUT2D eigenvalue weighted by molar-refractivity contribution is 0.234. The van der Waals surface area contributed by atoms with Crippen LogP contribution in [0.5, 0.6) is 11.5 Å². The van der Waals surface area contributed by atoms with E-state index in [-0.39, 0.29) is 6.04 Å². The Bertz CT molecular complexity index is 440. The van der Waals surface area contributed by atoms with E-state index in [9.17, 15) is 0 Å². The van der Waals surface area contributed by atoms with Crippen molar-refractivity contribution in [3.8, 4) is 11.5 Å². The highest BCUT2D eigenvalue weighted by molar-refractivity contribution is 5.42. The van der Waals surface area contributed by atoms with Gasteiger partial charge in [0.05, 0.1) is 20.3 Å². The van der Waals surface area contributed by atoms with Crippen molar-refractivity contribution in [3.63, 3.8) is 0 Å². The lowest BCUT2D eigenvalue weighted by Crippen LogP contribution is -2.32. The number of methoxy groups -OCH3 is 2. The molecule has 0 aromatic heterocycles. The molecule has 0 saturated carbocycles. The highest BCUT2D eigenvalue weighted by Gasteiger charge is 2.32. The molecule has 0 aliphatic carbocycles. The zero-order valence-electron chi connectivity index (χ0n) is 12.9. The second-order valence-corrected chi connectivity index (χ2v) is 5.77. The number of nitrogens with two attached hydrogens (primary N) is 1. The summed E-state index contributed by atoms with van der Waals surface area (Å²) in [5.41, 5.74) is 7.17. The van der Waals surface area contributed by atoms with Crippen LogP contribution in [0.4, 0.5) is 0 Å². The van der Waals surface area contributed by atoms with Crippen LogP contribution in [0, 0.1) is 11.8 Å². The van der Waals surface area contributed by atoms with E-state index < -0.39 is 0 Å². The van der Waals surface area contributed by atoms with Gasteiger partial charge in [0.25, 0.3) is 0 Å². The number of hydrogen-bond donors (Lipinski definition) is 1. The smallest absolute Gasteiger partial charge is 0.123 e. The van der Waals surface area contributed by atoms with E-state index in [1.165, 1.54) is 0 Å². The Kier molecular flexibility index (Phi) is 4.89. The molecule has 0 bridgehead atoms. The zero-order chi connectivity index (χ0) is 14.7. The minimum atomic E-state index is 0.187. The van der Waals surface area contributed by atoms with Gasteiger partial charge in [-0.2, -0.15) is 0 Å². The summed E-state index contributed by atoms with van der Waals surface area (Å²) >= 11 is 0. The third-order valence-corrected chi connectivity index (χ3v) is 4.48. The Labute approximate surface area is 121 Å². The van der Waals surface area contributed by atoms with Gasteiger partial charge in [0.1, 0.15) is 11.5 Å². The van der Waals surface area contributed by atoms with Crippen LogP contribution in [-0.4, -0.2) is 38.8 Å². The fraction of sp³-hybridized carbons (Fsp3) is 0.625. The highest BCUT2D eigenvalue weighted by Crippen LogP contribution is 2.36. The molecule has 0 radical (unpaired) electrons. The molecular formula is C16H26N2O2. The minimum Gasteiger partial charge on any atom is -0.497 e. The summed E-state index contributed by atoms with van der Waals surface area (Å²) in [4.78, 5) is 2.46. The van der Waals surface area contributed by atoms with Crippen LogP contribution in [0.15, 0.2) is 18.2 Å². The van der Waals surface area contributed by atoms with Crippen molar-refractivity contribution in [2.75, 3.05) is 33.9 Å². The first-order chi connectivity index (χ1) is 9.60. The lowest BCUT2D eigenvalue weighted by atomic mass is 10.0. The third-order valence-electron chi connectivity index (χ3n) is 4.48. The summed E-state index contributed by atoms with van der Waals surface area (Å²) in [6.45, 7) is 7.37. The lowest BCUT2D eigenvalue weighted by Gasteiger charge is -2.28. The van der Waals surface area contributed by atoms with Crippen LogP contribution in [0.3, 0.4) is 0 Å². The first-order valence-electron chi connectivity index (χ1n) is 7.26. The molecule has 4 nitrogen and oxygen atoms in total. The summed E-state index contributed by atoms with van der Waals surface area (Å²) in [7, 11) is 3.39. The van der Waals surface area contributed by atoms with E-state index in [2.05, 4.69) is 18.7 Å². The number of nitrogens with zero attached hydrogens (tertiary/aromatic N) is 1. The normalized spacial score (nSPS) is 24.6. The summed E-state index contributed by atoms with van der Waals surface area (Å²) in [6, 6.07) is 6.11. The van der Waals surface area contributed by atoms with Crippen LogP contribution in [0.2, 0.25) is 0 Å². The van der Waals surface area contributed by atoms with Gasteiger partial charge in [-0.1, -0.05) is 13.8 Å². The molecule has 0 amide bonds. The molecule has 3 unspecified atom stereocenters. The average Bonchev–Trinajstić information content (AvgIpc) is 2.79. The van der Waals surface area contributed by atoms with Gasteiger partial charge in [0, 0.05) is 25.2 Å². The molecule has 1 fully saturated rings. The summed E-state index contributed by atoms with van der Waals surface area (Å²) in [5, 5.41) is 0. The fourth-order valence-electron chi connectivity index (χ4n) is 3.00.